The van der Waals surface area contributed by atoms with Crippen LogP contribution in [0.5, 0.6) is 0 Å². The Morgan fingerprint density at radius 2 is 2.14 bits per heavy atom. The largest absolute Gasteiger partial charge is 0.466 e. The first kappa shape index (κ1) is 10.5. The number of hydrogen-bond acceptors (Lipinski definition) is 2. The zero-order chi connectivity index (χ0) is 4.99. The summed E-state index contributed by atoms with van der Waals surface area (Å²) in [5.74, 6) is -0.211. The predicted octanol–water partition coefficient (Wildman–Crippen LogP) is 0.569. The van der Waals surface area contributed by atoms with Crippen molar-refractivity contribution < 1.29 is 40.6 Å². The number of carbonyl (C=O) groups is 1. The van der Waals surface area contributed by atoms with Gasteiger partial charge in [-0.2, -0.15) is 0 Å². The fraction of sp³-hybridized carbons (Fsp3) is 0.750. The Hall–Kier alpha value is 0.522. The van der Waals surface area contributed by atoms with Crippen LogP contribution in [-0.4, -0.2) is 12.6 Å². The van der Waals surface area contributed by atoms with E-state index in [1.807, 2.05) is 0 Å². The number of hydrogen-bond donors (Lipinski definition) is 0. The van der Waals surface area contributed by atoms with E-state index in [1.165, 1.54) is 6.92 Å². The molecule has 0 unspecified atom stereocenters. The van der Waals surface area contributed by atoms with E-state index >= 15 is 0 Å². The first-order valence-electron chi connectivity index (χ1n) is 1.90. The normalized spacial score (nSPS) is 6.57. The molecule has 40 valence electrons. The van der Waals surface area contributed by atoms with Crippen molar-refractivity contribution in [1.82, 2.24) is 0 Å². The Morgan fingerprint density at radius 1 is 1.71 bits per heavy atom. The third-order valence-corrected chi connectivity index (χ3v) is 0.348. The smallest absolute Gasteiger partial charge is 0.302 e. The molecule has 0 atom stereocenters. The first-order valence-corrected chi connectivity index (χ1v) is 1.90. The molecule has 0 aromatic carbocycles. The summed E-state index contributed by atoms with van der Waals surface area (Å²) in [6, 6.07) is 0. The van der Waals surface area contributed by atoms with Gasteiger partial charge in [0, 0.05) is 38.0 Å². The molecule has 0 saturated carbocycles. The maximum atomic E-state index is 9.82. The van der Waals surface area contributed by atoms with Gasteiger partial charge in [-0.05, 0) is 6.92 Å². The minimum Gasteiger partial charge on any atom is -0.466 e. The number of esters is 1. The van der Waals surface area contributed by atoms with Crippen molar-refractivity contribution in [2.75, 3.05) is 6.61 Å². The van der Waals surface area contributed by atoms with Gasteiger partial charge in [0.25, 0.3) is 0 Å². The maximum absolute atomic E-state index is 9.82. The molecule has 0 amide bonds. The topological polar surface area (TPSA) is 26.3 Å². The SMILES string of the molecule is CCOC(C)=O.[U]. The van der Waals surface area contributed by atoms with Gasteiger partial charge in [0.15, 0.2) is 0 Å². The molecule has 0 rings (SSSR count). The Kier molecular flexibility index (Phi) is 9.78. The molecule has 0 aliphatic carbocycles. The van der Waals surface area contributed by atoms with Gasteiger partial charge in [-0.3, -0.25) is 4.79 Å². The van der Waals surface area contributed by atoms with E-state index in [-0.39, 0.29) is 37.1 Å². The zero-order valence-electron chi connectivity index (χ0n) is 4.52. The fourth-order valence-corrected chi connectivity index (χ4v) is 0.203. The van der Waals surface area contributed by atoms with Crippen molar-refractivity contribution in [1.29, 1.82) is 0 Å². The minimum atomic E-state index is -0.211. The van der Waals surface area contributed by atoms with E-state index in [1.54, 1.807) is 6.92 Å². The first-order chi connectivity index (χ1) is 2.77. The summed E-state index contributed by atoms with van der Waals surface area (Å²) in [4.78, 5) is 9.82. The van der Waals surface area contributed by atoms with Crippen molar-refractivity contribution in [3.63, 3.8) is 0 Å². The molecule has 0 N–H and O–H groups in total. The Bertz CT molecular complexity index is 53.7. The zero-order valence-corrected chi connectivity index (χ0v) is 8.69. The number of carbonyl (C=O) groups excluding carboxylic acids is 1. The predicted molar refractivity (Wildman–Crippen MR) is 22.3 cm³/mol. The molecule has 0 aromatic rings. The third-order valence-electron chi connectivity index (χ3n) is 0.348. The van der Waals surface area contributed by atoms with E-state index in [2.05, 4.69) is 4.74 Å². The molecule has 0 bridgehead atoms. The monoisotopic (exact) mass is 326 g/mol. The van der Waals surface area contributed by atoms with Crippen LogP contribution in [0.3, 0.4) is 0 Å². The van der Waals surface area contributed by atoms with Crippen LogP contribution in [0.2, 0.25) is 0 Å². The van der Waals surface area contributed by atoms with Gasteiger partial charge < -0.3 is 4.74 Å². The second kappa shape index (κ2) is 6.52. The molecule has 7 heavy (non-hydrogen) atoms. The van der Waals surface area contributed by atoms with Gasteiger partial charge in [-0.15, -0.1) is 0 Å². The van der Waals surface area contributed by atoms with Crippen LogP contribution in [-0.2, 0) is 9.53 Å². The Balaban J connectivity index is 0. The quantitative estimate of drug-likeness (QED) is 0.659. The summed E-state index contributed by atoms with van der Waals surface area (Å²) >= 11 is 0. The summed E-state index contributed by atoms with van der Waals surface area (Å²) < 4.78 is 4.40. The van der Waals surface area contributed by atoms with E-state index in [4.69, 9.17) is 0 Å². The van der Waals surface area contributed by atoms with Crippen molar-refractivity contribution in [3.8, 4) is 0 Å². The average molecular weight is 326 g/mol. The van der Waals surface area contributed by atoms with Crippen LogP contribution >= 0.6 is 0 Å². The van der Waals surface area contributed by atoms with E-state index < -0.39 is 0 Å². The summed E-state index contributed by atoms with van der Waals surface area (Å²) in [5.41, 5.74) is 0. The van der Waals surface area contributed by atoms with Crippen LogP contribution in [0.4, 0.5) is 0 Å². The summed E-state index contributed by atoms with van der Waals surface area (Å²) in [6.07, 6.45) is 0. The summed E-state index contributed by atoms with van der Waals surface area (Å²) in [5, 5.41) is 0. The molecule has 2 nitrogen and oxygen atoms in total. The van der Waals surface area contributed by atoms with E-state index in [0.717, 1.165) is 0 Å². The second-order valence-electron chi connectivity index (χ2n) is 0.925. The van der Waals surface area contributed by atoms with Gasteiger partial charge >= 0.3 is 5.97 Å². The molecule has 0 radical (unpaired) electrons. The molecule has 0 spiro atoms. The van der Waals surface area contributed by atoms with E-state index in [0.29, 0.717) is 6.61 Å². The van der Waals surface area contributed by atoms with Crippen LogP contribution in [0.1, 0.15) is 13.8 Å². The molecule has 3 heteroatoms. The van der Waals surface area contributed by atoms with Crippen LogP contribution in [0, 0.1) is 31.1 Å². The van der Waals surface area contributed by atoms with Crippen LogP contribution in [0.25, 0.3) is 0 Å². The Morgan fingerprint density at radius 3 is 2.14 bits per heavy atom. The van der Waals surface area contributed by atoms with E-state index in [9.17, 15) is 4.79 Å². The fourth-order valence-electron chi connectivity index (χ4n) is 0.203. The molecule has 0 fully saturated rings. The van der Waals surface area contributed by atoms with Gasteiger partial charge in [0.2, 0.25) is 0 Å². The number of rotatable bonds is 1. The molecule has 0 heterocycles. The maximum Gasteiger partial charge on any atom is 0.302 e. The van der Waals surface area contributed by atoms with Gasteiger partial charge in [0.05, 0.1) is 6.61 Å². The molecule has 0 saturated heterocycles. The third kappa shape index (κ3) is 10.8. The molecule has 0 aliphatic heterocycles. The van der Waals surface area contributed by atoms with Crippen molar-refractivity contribution >= 4 is 5.97 Å². The Labute approximate surface area is 67.0 Å². The van der Waals surface area contributed by atoms with Crippen LogP contribution in [0.15, 0.2) is 0 Å². The molecule has 0 aliphatic rings. The molecular formula is C4H8O2U. The van der Waals surface area contributed by atoms with Gasteiger partial charge in [-0.25, -0.2) is 0 Å². The van der Waals surface area contributed by atoms with Gasteiger partial charge in [0.1, 0.15) is 0 Å². The standard InChI is InChI=1S/C4H8O2.U/c1-3-6-4(2)5;/h3H2,1-2H3;. The number of ether oxygens (including phenoxy) is 1. The van der Waals surface area contributed by atoms with Crippen LogP contribution < -0.4 is 0 Å². The second-order valence-corrected chi connectivity index (χ2v) is 0.925. The summed E-state index contributed by atoms with van der Waals surface area (Å²) in [7, 11) is 0. The summed E-state index contributed by atoms with van der Waals surface area (Å²) in [6.45, 7) is 3.65. The molecular weight excluding hydrogens is 318 g/mol. The average Bonchev–Trinajstić information content (AvgIpc) is 1.35. The van der Waals surface area contributed by atoms with Crippen molar-refractivity contribution in [2.24, 2.45) is 0 Å². The molecule has 0 aromatic heterocycles. The van der Waals surface area contributed by atoms with Gasteiger partial charge in [-0.1, -0.05) is 0 Å². The van der Waals surface area contributed by atoms with Crippen molar-refractivity contribution in [2.45, 2.75) is 13.8 Å². The van der Waals surface area contributed by atoms with Crippen molar-refractivity contribution in [3.05, 3.63) is 0 Å². The minimum absolute atomic E-state index is 0.